The second-order valence-corrected chi connectivity index (χ2v) is 20.9. The summed E-state index contributed by atoms with van der Waals surface area (Å²) in [6.45, 7) is 3.83. The van der Waals surface area contributed by atoms with Gasteiger partial charge in [-0.3, -0.25) is 27.4 Å². The summed E-state index contributed by atoms with van der Waals surface area (Å²) in [6.07, 6.45) is 3.21. The predicted molar refractivity (Wildman–Crippen MR) is 277 cm³/mol. The fourth-order valence-corrected chi connectivity index (χ4v) is 10.6. The van der Waals surface area contributed by atoms with E-state index >= 15 is 0 Å². The van der Waals surface area contributed by atoms with E-state index in [1.807, 2.05) is 150 Å². The number of benzene rings is 6. The van der Waals surface area contributed by atoms with Crippen molar-refractivity contribution in [2.24, 2.45) is 5.92 Å². The van der Waals surface area contributed by atoms with Crippen LogP contribution in [0, 0.1) is 5.92 Å². The highest BCUT2D eigenvalue weighted by molar-refractivity contribution is 7.49. The maximum Gasteiger partial charge on any atom is 0.530 e. The van der Waals surface area contributed by atoms with Crippen LogP contribution in [0.4, 0.5) is 0 Å². The zero-order valence-electron chi connectivity index (χ0n) is 39.5. The number of nitrogens with one attached hydrogen (secondary N) is 1. The van der Waals surface area contributed by atoms with E-state index in [4.69, 9.17) is 50.3 Å². The van der Waals surface area contributed by atoms with Crippen LogP contribution >= 0.6 is 38.8 Å². The molecule has 0 spiro atoms. The SMILES string of the molecule is CCCC(C)Cc1c(-c2ccc(OP(=O)(OCc3ccccc3)OCc3ccccc3)c(Cl)c2)c(C(=O)NC)c(CCc2ccc(Cl)cc2)n1COP(=O)(OCc1ccccc1)OCc1ccccc1. The first-order valence-electron chi connectivity index (χ1n) is 23.2. The molecule has 0 radical (unpaired) electrons. The summed E-state index contributed by atoms with van der Waals surface area (Å²) in [5, 5.41) is 3.58. The number of halogens is 2. The maximum absolute atomic E-state index is 14.8. The lowest BCUT2D eigenvalue weighted by molar-refractivity contribution is 0.0792. The molecule has 11 nitrogen and oxygen atoms in total. The van der Waals surface area contributed by atoms with E-state index in [9.17, 15) is 13.9 Å². The van der Waals surface area contributed by atoms with Gasteiger partial charge >= 0.3 is 15.6 Å². The molecule has 6 aromatic carbocycles. The van der Waals surface area contributed by atoms with Crippen molar-refractivity contribution in [1.82, 2.24) is 9.88 Å². The number of carbonyl (C=O) groups excluding carboxylic acids is 1. The maximum atomic E-state index is 14.8. The van der Waals surface area contributed by atoms with Crippen LogP contribution < -0.4 is 9.84 Å². The van der Waals surface area contributed by atoms with Gasteiger partial charge < -0.3 is 14.4 Å². The van der Waals surface area contributed by atoms with Gasteiger partial charge in [-0.2, -0.15) is 0 Å². The van der Waals surface area contributed by atoms with E-state index in [1.54, 1.807) is 25.2 Å². The standard InChI is InChI=1S/C55H58Cl2N2O9P2/c1-4-17-41(2)34-51-53(47-29-33-52(49(57)35-47)68-70(62,65-38-45-22-13-7-14-23-45)66-39-46-24-15-8-16-25-46)54(55(60)58-3)50(32-28-42-26-30-48(56)31-27-42)59(51)40-67-69(61,63-36-43-18-9-5-10-19-43)64-37-44-20-11-6-12-21-44/h5-16,18-27,29-31,33,35,41H,4,17,28,32,34,36-40H2,1-3H3,(H,58,60). The lowest BCUT2D eigenvalue weighted by Crippen LogP contribution is -2.21. The van der Waals surface area contributed by atoms with Crippen molar-refractivity contribution in [2.75, 3.05) is 7.05 Å². The fraction of sp³-hybridized carbons (Fsp3) is 0.255. The number of aryl methyl sites for hydroxylation is 1. The number of phosphoric acid groups is 2. The van der Waals surface area contributed by atoms with Crippen LogP contribution in [0.2, 0.25) is 10.0 Å². The van der Waals surface area contributed by atoms with E-state index in [-0.39, 0.29) is 55.8 Å². The molecule has 1 atom stereocenters. The molecule has 1 heterocycles. The van der Waals surface area contributed by atoms with Crippen molar-refractivity contribution in [2.45, 2.75) is 79.1 Å². The highest BCUT2D eigenvalue weighted by Gasteiger charge is 2.34. The lowest BCUT2D eigenvalue weighted by atomic mass is 9.93. The van der Waals surface area contributed by atoms with Gasteiger partial charge in [-0.05, 0) is 82.8 Å². The molecule has 1 N–H and O–H groups in total. The minimum atomic E-state index is -4.30. The molecule has 0 aliphatic rings. The first kappa shape index (κ1) is 52.5. The van der Waals surface area contributed by atoms with Gasteiger partial charge in [0.2, 0.25) is 0 Å². The minimum absolute atomic E-state index is 0.0361. The summed E-state index contributed by atoms with van der Waals surface area (Å²) >= 11 is 13.4. The van der Waals surface area contributed by atoms with Gasteiger partial charge in [0.1, 0.15) is 12.5 Å². The number of aromatic nitrogens is 1. The number of nitrogens with zero attached hydrogens (tertiary/aromatic N) is 1. The van der Waals surface area contributed by atoms with Crippen molar-refractivity contribution in [1.29, 1.82) is 0 Å². The summed E-state index contributed by atoms with van der Waals surface area (Å²) in [4.78, 5) is 14.5. The monoisotopic (exact) mass is 1020 g/mol. The Balaban J connectivity index is 1.31. The molecule has 7 aromatic rings. The lowest BCUT2D eigenvalue weighted by Gasteiger charge is -2.22. The van der Waals surface area contributed by atoms with E-state index in [2.05, 4.69) is 19.2 Å². The largest absolute Gasteiger partial charge is 0.530 e. The number of carbonyl (C=O) groups is 1. The number of rotatable bonds is 26. The molecule has 0 aliphatic heterocycles. The van der Waals surface area contributed by atoms with Crippen molar-refractivity contribution in [3.05, 3.63) is 219 Å². The molecule has 1 aromatic heterocycles. The molecule has 7 rings (SSSR count). The Labute approximate surface area is 421 Å². The average molecular weight is 1020 g/mol. The highest BCUT2D eigenvalue weighted by atomic mass is 35.5. The molecule has 0 saturated heterocycles. The molecule has 1 amide bonds. The van der Waals surface area contributed by atoms with E-state index in [0.717, 1.165) is 46.4 Å². The van der Waals surface area contributed by atoms with Gasteiger partial charge in [-0.25, -0.2) is 9.13 Å². The Morgan fingerprint density at radius 2 is 1.09 bits per heavy atom. The smallest absolute Gasteiger partial charge is 0.402 e. The van der Waals surface area contributed by atoms with Gasteiger partial charge in [0.05, 0.1) is 37.0 Å². The van der Waals surface area contributed by atoms with Gasteiger partial charge in [0.15, 0.2) is 0 Å². The van der Waals surface area contributed by atoms with Crippen molar-refractivity contribution < 1.29 is 41.1 Å². The second-order valence-electron chi connectivity index (χ2n) is 16.8. The topological polar surface area (TPSA) is 124 Å². The molecule has 0 bridgehead atoms. The Hall–Kier alpha value is -5.29. The van der Waals surface area contributed by atoms with Crippen molar-refractivity contribution in [3.63, 3.8) is 0 Å². The number of phosphoric ester groups is 2. The summed E-state index contributed by atoms with van der Waals surface area (Å²) in [7, 11) is -7.02. The molecule has 70 heavy (non-hydrogen) atoms. The van der Waals surface area contributed by atoms with E-state index in [1.165, 1.54) is 0 Å². The van der Waals surface area contributed by atoms with Crippen molar-refractivity contribution in [3.8, 4) is 16.9 Å². The van der Waals surface area contributed by atoms with Crippen LogP contribution in [0.25, 0.3) is 11.1 Å². The Bertz CT molecular complexity index is 2760. The Morgan fingerprint density at radius 3 is 1.54 bits per heavy atom. The van der Waals surface area contributed by atoms with Crippen LogP contribution in [0.3, 0.4) is 0 Å². The number of amides is 1. The van der Waals surface area contributed by atoms with Crippen LogP contribution in [0.1, 0.15) is 76.3 Å². The van der Waals surface area contributed by atoms with Gasteiger partial charge in [0, 0.05) is 29.0 Å². The zero-order chi connectivity index (χ0) is 49.4. The quantitative estimate of drug-likeness (QED) is 0.0528. The second kappa shape index (κ2) is 25.7. The number of hydrogen-bond donors (Lipinski definition) is 1. The highest BCUT2D eigenvalue weighted by Crippen LogP contribution is 2.54. The van der Waals surface area contributed by atoms with Crippen LogP contribution in [0.15, 0.2) is 164 Å². The van der Waals surface area contributed by atoms with Crippen molar-refractivity contribution >= 4 is 44.8 Å². The van der Waals surface area contributed by atoms with Crippen LogP contribution in [-0.2, 0) is 84.2 Å². The van der Waals surface area contributed by atoms with Gasteiger partial charge in [-0.1, -0.05) is 189 Å². The molecule has 0 saturated carbocycles. The molecule has 366 valence electrons. The third-order valence-electron chi connectivity index (χ3n) is 11.5. The molecule has 0 fully saturated rings. The first-order valence-corrected chi connectivity index (χ1v) is 26.9. The molecular formula is C55H58Cl2N2O9P2. The summed E-state index contributed by atoms with van der Waals surface area (Å²) in [6, 6.07) is 49.9. The van der Waals surface area contributed by atoms with Gasteiger partial charge in [-0.15, -0.1) is 0 Å². The van der Waals surface area contributed by atoms with Crippen LogP contribution in [-0.4, -0.2) is 17.5 Å². The van der Waals surface area contributed by atoms with E-state index < -0.39 is 15.6 Å². The Morgan fingerprint density at radius 1 is 0.600 bits per heavy atom. The third-order valence-corrected chi connectivity index (χ3v) is 14.7. The zero-order valence-corrected chi connectivity index (χ0v) is 42.8. The summed E-state index contributed by atoms with van der Waals surface area (Å²) in [5.74, 6) is -0.158. The third kappa shape index (κ3) is 14.9. The van der Waals surface area contributed by atoms with Crippen LogP contribution in [0.5, 0.6) is 5.75 Å². The fourth-order valence-electron chi connectivity index (χ4n) is 7.96. The minimum Gasteiger partial charge on any atom is -0.402 e. The summed E-state index contributed by atoms with van der Waals surface area (Å²) < 4.78 is 67.7. The number of hydrogen-bond acceptors (Lipinski definition) is 9. The predicted octanol–water partition coefficient (Wildman–Crippen LogP) is 15.0. The molecule has 1 unspecified atom stereocenters. The average Bonchev–Trinajstić information content (AvgIpc) is 3.69. The Kier molecular flexibility index (Phi) is 19.3. The van der Waals surface area contributed by atoms with Gasteiger partial charge in [0.25, 0.3) is 5.91 Å². The summed E-state index contributed by atoms with van der Waals surface area (Å²) in [5.41, 5.74) is 7.03. The van der Waals surface area contributed by atoms with E-state index in [0.29, 0.717) is 46.7 Å². The molecule has 0 aliphatic carbocycles. The molecule has 15 heteroatoms. The first-order chi connectivity index (χ1) is 33.9. The molecular weight excluding hydrogens is 965 g/mol. The normalized spacial score (nSPS) is 12.2.